The number of fused-ring (bicyclic) bond motifs is 2. The molecule has 3 aliphatic rings. The minimum absolute atomic E-state index is 0.0446. The molecule has 0 saturated carbocycles. The normalized spacial score (nSPS) is 20.0. The van der Waals surface area contributed by atoms with Gasteiger partial charge in [-0.2, -0.15) is 0 Å². The monoisotopic (exact) mass is 658 g/mol. The fourth-order valence-electron chi connectivity index (χ4n) is 5.12. The molecule has 2 aromatic carbocycles. The first-order chi connectivity index (χ1) is 19.3. The number of nitrogens with zero attached hydrogens (tertiary/aromatic N) is 2. The first-order valence-corrected chi connectivity index (χ1v) is 15.6. The van der Waals surface area contributed by atoms with Crippen LogP contribution in [0.4, 0.5) is 19.0 Å². The van der Waals surface area contributed by atoms with Crippen LogP contribution in [0.1, 0.15) is 33.5 Å². The Labute approximate surface area is 240 Å². The third-order valence-corrected chi connectivity index (χ3v) is 9.75. The van der Waals surface area contributed by atoms with Gasteiger partial charge in [-0.1, -0.05) is 0 Å². The summed E-state index contributed by atoms with van der Waals surface area (Å²) in [7, 11) is 0. The van der Waals surface area contributed by atoms with E-state index in [9.17, 15) is 13.6 Å². The van der Waals surface area contributed by atoms with Crippen LogP contribution in [0.15, 0.2) is 58.2 Å². The Kier molecular flexibility index (Phi) is 7.43. The van der Waals surface area contributed by atoms with Crippen molar-refractivity contribution in [2.45, 2.75) is 32.0 Å². The number of pyridine rings is 1. The molecule has 1 N–H and O–H groups in total. The van der Waals surface area contributed by atoms with E-state index in [1.807, 2.05) is 18.2 Å². The Bertz CT molecular complexity index is 1640. The molecule has 5 nitrogen and oxygen atoms in total. The minimum atomic E-state index is -3.26. The summed E-state index contributed by atoms with van der Waals surface area (Å²) < 4.78 is 52.0. The van der Waals surface area contributed by atoms with Crippen molar-refractivity contribution in [3.63, 3.8) is 0 Å². The summed E-state index contributed by atoms with van der Waals surface area (Å²) in [6, 6.07) is 15.3. The first kappa shape index (κ1) is 27.0. The zero-order chi connectivity index (χ0) is 27.9. The number of carbonyl (C=O) groups is 1. The topological polar surface area (TPSA) is 54.5 Å². The predicted molar refractivity (Wildman–Crippen MR) is 145 cm³/mol. The number of anilines is 1. The molecule has 4 heterocycles. The second-order valence-corrected chi connectivity index (χ2v) is 12.3. The van der Waals surface area contributed by atoms with E-state index in [0.717, 1.165) is 46.2 Å². The van der Waals surface area contributed by atoms with Crippen molar-refractivity contribution in [2.75, 3.05) is 31.1 Å². The van der Waals surface area contributed by atoms with Crippen LogP contribution in [-0.4, -0.2) is 43.6 Å². The summed E-state index contributed by atoms with van der Waals surface area (Å²) in [5.41, 5.74) is 0.904. The van der Waals surface area contributed by atoms with Crippen LogP contribution in [-0.2, 0) is 17.0 Å². The molecule has 1 aromatic heterocycles. The molecule has 0 bridgehead atoms. The van der Waals surface area contributed by atoms with Crippen LogP contribution in [0.5, 0.6) is 0 Å². The summed E-state index contributed by atoms with van der Waals surface area (Å²) in [6.45, 7) is 3.33. The van der Waals surface area contributed by atoms with Crippen molar-refractivity contribution in [3.05, 3.63) is 90.9 Å². The molecule has 9 heteroatoms. The third-order valence-electron chi connectivity index (χ3n) is 7.56. The number of halogens is 4. The van der Waals surface area contributed by atoms with E-state index in [2.05, 4.69) is 42.7 Å². The van der Waals surface area contributed by atoms with Crippen LogP contribution in [0.2, 0.25) is 0 Å². The number of benzene rings is 2. The third kappa shape index (κ3) is 5.16. The van der Waals surface area contributed by atoms with E-state index in [-0.39, 0.29) is 45.5 Å². The molecule has 1 saturated heterocycles. The summed E-state index contributed by atoms with van der Waals surface area (Å²) in [6.07, 6.45) is 0.00601. The summed E-state index contributed by atoms with van der Waals surface area (Å²) in [5, 5.41) is 5.10. The van der Waals surface area contributed by atoms with Crippen LogP contribution in [0, 0.1) is 6.92 Å². The molecule has 0 spiro atoms. The molecular weight excluding hydrogens is 630 g/mol. The van der Waals surface area contributed by atoms with Crippen LogP contribution < -0.4 is 41.9 Å². The molecule has 3 aromatic rings. The van der Waals surface area contributed by atoms with Crippen LogP contribution in [0.3, 0.4) is 0 Å². The van der Waals surface area contributed by atoms with Gasteiger partial charge in [-0.25, -0.2) is 0 Å². The molecule has 1 atom stereocenters. The number of aromatic nitrogens is 1. The van der Waals surface area contributed by atoms with Gasteiger partial charge in [-0.15, -0.1) is 0 Å². The van der Waals surface area contributed by atoms with Crippen molar-refractivity contribution >= 4 is 21.9 Å². The Balaban J connectivity index is 1.22. The van der Waals surface area contributed by atoms with Gasteiger partial charge in [0, 0.05) is 0 Å². The van der Waals surface area contributed by atoms with Crippen molar-refractivity contribution in [2.24, 2.45) is 0 Å². The van der Waals surface area contributed by atoms with E-state index in [1.54, 1.807) is 13.0 Å². The van der Waals surface area contributed by atoms with Crippen molar-refractivity contribution in [3.8, 4) is 11.3 Å². The number of ether oxygens (including phenoxy) is 1. The van der Waals surface area contributed by atoms with Gasteiger partial charge >= 0.3 is 241 Å². The summed E-state index contributed by atoms with van der Waals surface area (Å²) in [5.74, 6) is 0.558. The Morgan fingerprint density at radius 1 is 1.15 bits per heavy atom. The fourth-order valence-corrected chi connectivity index (χ4v) is 7.12. The zero-order valence-corrected chi connectivity index (χ0v) is 24.1. The number of carbonyl (C=O) groups excluding carboxylic acids is 1. The Hall–Kier alpha value is -3.18. The molecule has 40 heavy (non-hydrogen) atoms. The molecule has 6 rings (SSSR count). The van der Waals surface area contributed by atoms with Gasteiger partial charge in [0.15, 0.2) is 0 Å². The Morgan fingerprint density at radius 3 is 2.77 bits per heavy atom. The van der Waals surface area contributed by atoms with Crippen molar-refractivity contribution in [1.29, 1.82) is 0 Å². The van der Waals surface area contributed by atoms with Gasteiger partial charge in [-0.05, 0) is 0 Å². The number of amides is 1. The van der Waals surface area contributed by atoms with E-state index in [1.165, 1.54) is 12.5 Å². The molecule has 0 aliphatic carbocycles. The zero-order valence-electron chi connectivity index (χ0n) is 21.9. The Morgan fingerprint density at radius 2 is 2.00 bits per heavy atom. The summed E-state index contributed by atoms with van der Waals surface area (Å²) in [4.78, 5) is 20.2. The second-order valence-electron chi connectivity index (χ2n) is 10.3. The molecule has 208 valence electrons. The number of hydrogen-bond donors (Lipinski definition) is 1. The van der Waals surface area contributed by atoms with Crippen LogP contribution in [0.25, 0.3) is 21.4 Å². The fraction of sp³-hybridized carbons (Fsp3) is 0.290. The molecule has 0 radical (unpaired) electrons. The number of aryl methyl sites for hydroxylation is 1. The number of rotatable bonds is 6. The number of hydrogen-bond acceptors (Lipinski definition) is 4. The molecular formula is C31H28F3IN3O2-. The van der Waals surface area contributed by atoms with Crippen molar-refractivity contribution in [1.82, 2.24) is 10.3 Å². The quantitative estimate of drug-likeness (QED) is 0.405. The van der Waals surface area contributed by atoms with Crippen LogP contribution >= 0.6 is 0 Å². The maximum atomic E-state index is 15.2. The van der Waals surface area contributed by atoms with E-state index in [4.69, 9.17) is 9.72 Å². The van der Waals surface area contributed by atoms with Crippen molar-refractivity contribution < 1.29 is 43.9 Å². The number of alkyl halides is 3. The molecule has 0 unspecified atom stereocenters. The van der Waals surface area contributed by atoms with Gasteiger partial charge in [0.2, 0.25) is 0 Å². The van der Waals surface area contributed by atoms with Gasteiger partial charge in [0.25, 0.3) is 0 Å². The van der Waals surface area contributed by atoms with Gasteiger partial charge in [0.05, 0.1) is 0 Å². The standard InChI is InChI=1S/C31H28F3IN3O2/c1-19-10-24(13-26-25(19)17-40-18-31(26,34)30(32)33)29(39)36-16-20-11-23-12-21(6-7-22(23)15-35-14-20)27-4-2-5-28(37-27)38-8-3-9-38/h2,4-7,10-15,30H,3,8-9,16-18H2,1H3,(H,36,39)/q-1/t31-/m0/s1. The first-order valence-electron chi connectivity index (χ1n) is 13.1. The molecule has 3 aliphatic heterocycles. The van der Waals surface area contributed by atoms with E-state index < -0.39 is 24.6 Å². The second kappa shape index (κ2) is 11.0. The van der Waals surface area contributed by atoms with E-state index in [0.29, 0.717) is 11.1 Å². The summed E-state index contributed by atoms with van der Waals surface area (Å²) >= 11 is -0.375. The number of nitrogens with one attached hydrogen (secondary N) is 1. The SMILES string of the molecule is Cc1cc(C(=O)NCC2=C[I-]C=c3ccc(-c4cccc(N5CCC5)n4)cc3=C2)cc2c1COC[C@@]2(F)C(F)F. The predicted octanol–water partition coefficient (Wildman–Crippen LogP) is 1.16. The average Bonchev–Trinajstić information content (AvgIpc) is 3.13. The van der Waals surface area contributed by atoms with Gasteiger partial charge < -0.3 is 0 Å². The maximum absolute atomic E-state index is 15.2. The molecule has 1 fully saturated rings. The molecule has 1 amide bonds. The average molecular weight is 658 g/mol. The van der Waals surface area contributed by atoms with E-state index >= 15 is 4.39 Å². The van der Waals surface area contributed by atoms with Gasteiger partial charge in [0.1, 0.15) is 0 Å². The van der Waals surface area contributed by atoms with Gasteiger partial charge in [-0.3, -0.25) is 0 Å².